The van der Waals surface area contributed by atoms with Gasteiger partial charge in [0.15, 0.2) is 12.4 Å². The van der Waals surface area contributed by atoms with Crippen molar-refractivity contribution in [2.45, 2.75) is 103 Å². The number of hydrogen-bond acceptors (Lipinski definition) is 12. The molecule has 1 aliphatic rings. The number of rotatable bonds is 19. The van der Waals surface area contributed by atoms with Gasteiger partial charge in [0.1, 0.15) is 24.0 Å². The minimum absolute atomic E-state index is 0.119. The normalized spacial score (nSPS) is 23.0. The van der Waals surface area contributed by atoms with Gasteiger partial charge in [0.2, 0.25) is 5.72 Å². The fourth-order valence-corrected chi connectivity index (χ4v) is 5.92. The van der Waals surface area contributed by atoms with Crippen LogP contribution in [0.15, 0.2) is 22.2 Å². The molecule has 5 N–H and O–H groups in total. The summed E-state index contributed by atoms with van der Waals surface area (Å²) in [6.45, 7) is 5.76. The Bertz CT molecular complexity index is 1230. The zero-order valence-corrected chi connectivity index (χ0v) is 26.2. The fourth-order valence-electron chi connectivity index (χ4n) is 4.10. The van der Waals surface area contributed by atoms with E-state index in [0.29, 0.717) is 12.8 Å². The van der Waals surface area contributed by atoms with Gasteiger partial charge in [-0.15, -0.1) is 0 Å². The number of nitrogens with zero attached hydrogens (tertiary/aromatic N) is 5. The van der Waals surface area contributed by atoms with E-state index in [1.807, 2.05) is 13.8 Å². The zero-order chi connectivity index (χ0) is 32.9. The van der Waals surface area contributed by atoms with Gasteiger partial charge in [-0.2, -0.15) is 4.98 Å². The van der Waals surface area contributed by atoms with E-state index in [4.69, 9.17) is 24.5 Å². The second-order valence-electron chi connectivity index (χ2n) is 10.3. The summed E-state index contributed by atoms with van der Waals surface area (Å²) in [5.41, 5.74) is 11.1. The van der Waals surface area contributed by atoms with E-state index >= 15 is 4.39 Å². The maximum Gasteiger partial charge on any atom is 0.351 e. The second kappa shape index (κ2) is 17.4. The van der Waals surface area contributed by atoms with Crippen LogP contribution in [0, 0.1) is 0 Å². The Morgan fingerprint density at radius 3 is 2.23 bits per heavy atom. The highest BCUT2D eigenvalue weighted by atomic mass is 31.2. The molecule has 2 rings (SSSR count). The lowest BCUT2D eigenvalue weighted by Crippen LogP contribution is -2.46. The predicted octanol–water partition coefficient (Wildman–Crippen LogP) is 2.61. The molecule has 6 atom stereocenters. The maximum absolute atomic E-state index is 15.6. The maximum atomic E-state index is 15.6. The van der Waals surface area contributed by atoms with E-state index in [-0.39, 0.29) is 19.0 Å². The average Bonchev–Trinajstić information content (AvgIpc) is 3.21. The van der Waals surface area contributed by atoms with Crippen molar-refractivity contribution in [1.82, 2.24) is 19.7 Å². The highest BCUT2D eigenvalue weighted by molar-refractivity contribution is 7.54. The molecule has 1 fully saturated rings. The predicted molar refractivity (Wildman–Crippen MR) is 156 cm³/mol. The Morgan fingerprint density at radius 2 is 1.75 bits per heavy atom. The Hall–Kier alpha value is -3.11. The first-order chi connectivity index (χ1) is 20.8. The summed E-state index contributed by atoms with van der Waals surface area (Å²) >= 11 is 0. The van der Waals surface area contributed by atoms with Crippen LogP contribution < -0.4 is 21.6 Å². The molecule has 0 aliphatic carbocycles. The number of azide groups is 1. The molecule has 0 amide bonds. The van der Waals surface area contributed by atoms with E-state index in [9.17, 15) is 29.6 Å². The molecule has 0 radical (unpaired) electrons. The van der Waals surface area contributed by atoms with Crippen molar-refractivity contribution in [3.63, 3.8) is 0 Å². The monoisotopic (exact) mass is 648 g/mol. The van der Waals surface area contributed by atoms with Crippen molar-refractivity contribution in [1.29, 1.82) is 0 Å². The van der Waals surface area contributed by atoms with E-state index in [1.54, 1.807) is 0 Å². The standard InChI is InChI=1S/C25H42FN8O9P/c1-5-7-9-13-40-22(36)16(3)30-44(39,31-17(4)23(37)41-14-10-8-6-2)42-15-25(32-33-28)20(26)19(35)21(43-25)34-12-11-18(27)29-24(34)38/h11-12,16-17,19-21,35H,5-10,13-15H2,1-4H3,(H2,27,29,38)(H2,30,31,39)/t16-,17-,19+,20-,21+,25+/m0/s1. The van der Waals surface area contributed by atoms with E-state index in [1.165, 1.54) is 19.9 Å². The van der Waals surface area contributed by atoms with Gasteiger partial charge in [-0.05, 0) is 38.3 Å². The molecule has 19 heteroatoms. The number of esters is 2. The number of carbonyl (C=O) groups is 2. The van der Waals surface area contributed by atoms with Crippen LogP contribution in [-0.2, 0) is 32.9 Å². The molecule has 0 bridgehead atoms. The summed E-state index contributed by atoms with van der Waals surface area (Å²) in [7, 11) is -4.51. The van der Waals surface area contributed by atoms with Gasteiger partial charge in [0.05, 0.1) is 19.8 Å². The topological polar surface area (TPSA) is 242 Å². The van der Waals surface area contributed by atoms with Crippen LogP contribution in [0.5, 0.6) is 0 Å². The van der Waals surface area contributed by atoms with Gasteiger partial charge in [-0.1, -0.05) is 44.6 Å². The van der Waals surface area contributed by atoms with Gasteiger partial charge in [0.25, 0.3) is 0 Å². The number of carbonyl (C=O) groups excluding carboxylic acids is 2. The molecule has 248 valence electrons. The number of alkyl halides is 1. The van der Waals surface area contributed by atoms with Crippen molar-refractivity contribution < 1.29 is 42.4 Å². The molecule has 1 aromatic rings. The second-order valence-corrected chi connectivity index (χ2v) is 12.1. The first-order valence-electron chi connectivity index (χ1n) is 14.4. The molecule has 1 aliphatic heterocycles. The highest BCUT2D eigenvalue weighted by Gasteiger charge is 2.57. The number of nitrogen functional groups attached to an aromatic ring is 1. The summed E-state index contributed by atoms with van der Waals surface area (Å²) in [5, 5.41) is 18.8. The summed E-state index contributed by atoms with van der Waals surface area (Å²) in [5.74, 6) is -1.70. The zero-order valence-electron chi connectivity index (χ0n) is 25.3. The number of anilines is 1. The number of halogens is 1. The number of hydrogen-bond donors (Lipinski definition) is 4. The van der Waals surface area contributed by atoms with Gasteiger partial charge >= 0.3 is 25.3 Å². The number of nitrogens with two attached hydrogens (primary N) is 1. The third kappa shape index (κ3) is 10.2. The minimum Gasteiger partial charge on any atom is -0.465 e. The third-order valence-electron chi connectivity index (χ3n) is 6.56. The van der Waals surface area contributed by atoms with Gasteiger partial charge < -0.3 is 29.6 Å². The Labute approximate surface area is 254 Å². The molecular weight excluding hydrogens is 606 g/mol. The third-order valence-corrected chi connectivity index (χ3v) is 8.51. The summed E-state index contributed by atoms with van der Waals surface area (Å²) in [4.78, 5) is 43.6. The molecular formula is C25H42FN8O9P. The van der Waals surface area contributed by atoms with Crippen molar-refractivity contribution in [3.8, 4) is 0 Å². The highest BCUT2D eigenvalue weighted by Crippen LogP contribution is 2.45. The van der Waals surface area contributed by atoms with Crippen molar-refractivity contribution in [2.75, 3.05) is 25.6 Å². The van der Waals surface area contributed by atoms with Crippen LogP contribution in [0.3, 0.4) is 0 Å². The van der Waals surface area contributed by atoms with E-state index < -0.39 is 68.2 Å². The first kappa shape index (κ1) is 37.1. The van der Waals surface area contributed by atoms with Crippen LogP contribution in [0.4, 0.5) is 10.2 Å². The quantitative estimate of drug-likeness (QED) is 0.0421. The molecule has 0 unspecified atom stereocenters. The van der Waals surface area contributed by atoms with E-state index in [0.717, 1.165) is 36.4 Å². The number of aliphatic hydroxyl groups excluding tert-OH is 1. The lowest BCUT2D eigenvalue weighted by molar-refractivity contribution is -0.145. The lowest BCUT2D eigenvalue weighted by Gasteiger charge is -2.30. The molecule has 0 spiro atoms. The van der Waals surface area contributed by atoms with Gasteiger partial charge in [-0.3, -0.25) is 18.7 Å². The molecule has 44 heavy (non-hydrogen) atoms. The van der Waals surface area contributed by atoms with Crippen LogP contribution in [-0.4, -0.2) is 76.5 Å². The van der Waals surface area contributed by atoms with Crippen LogP contribution in [0.25, 0.3) is 10.4 Å². The lowest BCUT2D eigenvalue weighted by atomic mass is 10.1. The Morgan fingerprint density at radius 1 is 1.20 bits per heavy atom. The smallest absolute Gasteiger partial charge is 0.351 e. The average molecular weight is 649 g/mol. The molecule has 1 aromatic heterocycles. The molecule has 1 saturated heterocycles. The van der Waals surface area contributed by atoms with Crippen molar-refractivity contribution in [2.24, 2.45) is 5.11 Å². The Kier molecular flexibility index (Phi) is 14.7. The Balaban J connectivity index is 2.30. The molecule has 17 nitrogen and oxygen atoms in total. The molecule has 0 saturated carbocycles. The largest absolute Gasteiger partial charge is 0.465 e. The fraction of sp³-hybridized carbons (Fsp3) is 0.760. The van der Waals surface area contributed by atoms with Crippen LogP contribution in [0.2, 0.25) is 0 Å². The van der Waals surface area contributed by atoms with Crippen LogP contribution >= 0.6 is 7.67 Å². The van der Waals surface area contributed by atoms with Gasteiger partial charge in [0, 0.05) is 11.1 Å². The number of aromatic nitrogens is 2. The van der Waals surface area contributed by atoms with E-state index in [2.05, 4.69) is 25.2 Å². The molecule has 0 aromatic carbocycles. The number of unbranched alkanes of at least 4 members (excludes halogenated alkanes) is 4. The number of aliphatic hydroxyl groups is 1. The summed E-state index contributed by atoms with van der Waals surface area (Å²) in [6, 6.07) is -1.30. The van der Waals surface area contributed by atoms with Crippen molar-refractivity contribution >= 4 is 25.4 Å². The van der Waals surface area contributed by atoms with Gasteiger partial charge in [-0.25, -0.2) is 19.4 Å². The van der Waals surface area contributed by atoms with Crippen molar-refractivity contribution in [3.05, 3.63) is 33.2 Å². The van der Waals surface area contributed by atoms with Crippen LogP contribution in [0.1, 0.15) is 72.4 Å². The number of nitrogens with one attached hydrogen (secondary N) is 2. The number of ether oxygens (including phenoxy) is 3. The SMILES string of the molecule is CCCCCOC(=O)[C@H](C)NP(=O)(N[C@@H](C)C(=O)OCCCCC)OC[C@@]1(N=[N+]=[N-])O[C@@H](n2ccc(N)nc2=O)[C@H](O)[C@@H]1F. The summed E-state index contributed by atoms with van der Waals surface area (Å²) < 4.78 is 51.7. The minimum atomic E-state index is -4.51. The summed E-state index contributed by atoms with van der Waals surface area (Å²) in [6.07, 6.45) is -0.541. The first-order valence-corrected chi connectivity index (χ1v) is 16.0. The molecule has 2 heterocycles.